The normalized spacial score (nSPS) is 11.9. The highest BCUT2D eigenvalue weighted by Gasteiger charge is 2.13. The summed E-state index contributed by atoms with van der Waals surface area (Å²) in [6, 6.07) is 2.15. The number of nitrogens with zero attached hydrogens (tertiary/aromatic N) is 8. The number of anilines is 1. The molecule has 0 saturated heterocycles. The smallest absolute Gasteiger partial charge is 0.258 e. The lowest BCUT2D eigenvalue weighted by atomic mass is 10.2. The number of rotatable bonds is 4. The first-order valence-electron chi connectivity index (χ1n) is 5.47. The van der Waals surface area contributed by atoms with Crippen LogP contribution in [0.5, 0.6) is 0 Å². The SMILES string of the molecule is CC(C#N)CN(C)c1nc(Cl)nc(-n2cncn2)n1. The molecule has 0 radical (unpaired) electrons. The maximum absolute atomic E-state index is 8.81. The third-order valence-electron chi connectivity index (χ3n) is 2.32. The molecule has 2 rings (SSSR count). The molecule has 0 aromatic carbocycles. The summed E-state index contributed by atoms with van der Waals surface area (Å²) in [5.41, 5.74) is 0. The van der Waals surface area contributed by atoms with Gasteiger partial charge in [-0.1, -0.05) is 0 Å². The van der Waals surface area contributed by atoms with E-state index in [1.54, 1.807) is 11.9 Å². The van der Waals surface area contributed by atoms with Crippen LogP contribution in [0.4, 0.5) is 5.95 Å². The molecule has 0 spiro atoms. The van der Waals surface area contributed by atoms with Gasteiger partial charge in [-0.2, -0.15) is 30.0 Å². The molecule has 0 aliphatic carbocycles. The molecule has 0 saturated carbocycles. The first-order chi connectivity index (χ1) is 9.10. The standard InChI is InChI=1S/C10H11ClN8/c1-7(3-12)4-18(2)9-15-8(11)16-10(17-9)19-6-13-5-14-19/h5-7H,4H2,1-2H3. The van der Waals surface area contributed by atoms with Gasteiger partial charge in [0.1, 0.15) is 12.7 Å². The average Bonchev–Trinajstić information content (AvgIpc) is 2.91. The van der Waals surface area contributed by atoms with Crippen molar-refractivity contribution < 1.29 is 0 Å². The summed E-state index contributed by atoms with van der Waals surface area (Å²) in [7, 11) is 1.78. The van der Waals surface area contributed by atoms with Crippen LogP contribution in [-0.2, 0) is 0 Å². The monoisotopic (exact) mass is 278 g/mol. The van der Waals surface area contributed by atoms with Gasteiger partial charge in [0.15, 0.2) is 0 Å². The van der Waals surface area contributed by atoms with Crippen molar-refractivity contribution in [1.82, 2.24) is 29.7 Å². The molecule has 98 valence electrons. The van der Waals surface area contributed by atoms with Gasteiger partial charge in [0.25, 0.3) is 5.95 Å². The fourth-order valence-electron chi connectivity index (χ4n) is 1.45. The van der Waals surface area contributed by atoms with Crippen molar-refractivity contribution in [3.63, 3.8) is 0 Å². The Labute approximate surface area is 114 Å². The fourth-order valence-corrected chi connectivity index (χ4v) is 1.60. The van der Waals surface area contributed by atoms with E-state index < -0.39 is 0 Å². The molecule has 1 atom stereocenters. The predicted molar refractivity (Wildman–Crippen MR) is 67.8 cm³/mol. The number of aromatic nitrogens is 6. The molecule has 2 heterocycles. The summed E-state index contributed by atoms with van der Waals surface area (Å²) in [5.74, 6) is 0.520. The number of hydrogen-bond acceptors (Lipinski definition) is 7. The van der Waals surface area contributed by atoms with Crippen LogP contribution in [0.3, 0.4) is 0 Å². The topological polar surface area (TPSA) is 96.4 Å². The molecule has 9 heteroatoms. The van der Waals surface area contributed by atoms with E-state index in [-0.39, 0.29) is 17.1 Å². The average molecular weight is 279 g/mol. The molecule has 0 N–H and O–H groups in total. The minimum absolute atomic E-state index is 0.0620. The summed E-state index contributed by atoms with van der Waals surface area (Å²) in [6.07, 6.45) is 2.84. The molecule has 2 aromatic rings. The molecule has 19 heavy (non-hydrogen) atoms. The number of halogens is 1. The van der Waals surface area contributed by atoms with E-state index >= 15 is 0 Å². The minimum Gasteiger partial charge on any atom is -0.342 e. The van der Waals surface area contributed by atoms with E-state index in [9.17, 15) is 0 Å². The van der Waals surface area contributed by atoms with E-state index in [1.165, 1.54) is 17.3 Å². The number of hydrogen-bond donors (Lipinski definition) is 0. The lowest BCUT2D eigenvalue weighted by Crippen LogP contribution is -2.26. The van der Waals surface area contributed by atoms with Gasteiger partial charge < -0.3 is 4.90 Å². The van der Waals surface area contributed by atoms with Crippen molar-refractivity contribution in [1.29, 1.82) is 5.26 Å². The third-order valence-corrected chi connectivity index (χ3v) is 2.49. The lowest BCUT2D eigenvalue weighted by molar-refractivity contribution is 0.693. The van der Waals surface area contributed by atoms with Gasteiger partial charge in [-0.05, 0) is 18.5 Å². The Morgan fingerprint density at radius 1 is 1.47 bits per heavy atom. The van der Waals surface area contributed by atoms with Crippen LogP contribution in [0.2, 0.25) is 5.28 Å². The summed E-state index contributed by atoms with van der Waals surface area (Å²) in [4.78, 5) is 17.8. The maximum atomic E-state index is 8.81. The zero-order valence-corrected chi connectivity index (χ0v) is 11.2. The second-order valence-electron chi connectivity index (χ2n) is 3.96. The van der Waals surface area contributed by atoms with Gasteiger partial charge in [-0.15, -0.1) is 0 Å². The van der Waals surface area contributed by atoms with Gasteiger partial charge in [0.2, 0.25) is 11.2 Å². The zero-order chi connectivity index (χ0) is 13.8. The van der Waals surface area contributed by atoms with Crippen molar-refractivity contribution in [2.45, 2.75) is 6.92 Å². The Hall–Kier alpha value is -2.27. The van der Waals surface area contributed by atoms with Gasteiger partial charge in [-0.25, -0.2) is 4.98 Å². The molecular formula is C10H11ClN8. The Balaban J connectivity index is 2.29. The van der Waals surface area contributed by atoms with Gasteiger partial charge in [-0.3, -0.25) is 0 Å². The summed E-state index contributed by atoms with van der Waals surface area (Å²) in [6.45, 7) is 2.31. The van der Waals surface area contributed by atoms with E-state index in [0.717, 1.165) is 0 Å². The van der Waals surface area contributed by atoms with E-state index in [4.69, 9.17) is 16.9 Å². The van der Waals surface area contributed by atoms with E-state index in [2.05, 4.69) is 31.1 Å². The van der Waals surface area contributed by atoms with Crippen molar-refractivity contribution >= 4 is 17.5 Å². The highest BCUT2D eigenvalue weighted by atomic mass is 35.5. The number of nitriles is 1. The van der Waals surface area contributed by atoms with Crippen LogP contribution in [0, 0.1) is 17.2 Å². The van der Waals surface area contributed by atoms with Gasteiger partial charge in [0, 0.05) is 13.6 Å². The third kappa shape index (κ3) is 3.14. The summed E-state index contributed by atoms with van der Waals surface area (Å²) >= 11 is 5.87. The van der Waals surface area contributed by atoms with Gasteiger partial charge in [0.05, 0.1) is 12.0 Å². The molecular weight excluding hydrogens is 268 g/mol. The van der Waals surface area contributed by atoms with E-state index in [1.807, 2.05) is 6.92 Å². The minimum atomic E-state index is -0.143. The molecule has 1 unspecified atom stereocenters. The summed E-state index contributed by atoms with van der Waals surface area (Å²) in [5, 5.41) is 12.8. The highest BCUT2D eigenvalue weighted by molar-refractivity contribution is 6.28. The molecule has 0 amide bonds. The first-order valence-corrected chi connectivity index (χ1v) is 5.85. The molecule has 8 nitrogen and oxygen atoms in total. The molecule has 2 aromatic heterocycles. The van der Waals surface area contributed by atoms with Crippen LogP contribution >= 0.6 is 11.6 Å². The maximum Gasteiger partial charge on any atom is 0.258 e. The van der Waals surface area contributed by atoms with E-state index in [0.29, 0.717) is 12.5 Å². The predicted octanol–water partition coefficient (Wildman–Crippen LogP) is 0.702. The Morgan fingerprint density at radius 2 is 2.26 bits per heavy atom. The quantitative estimate of drug-likeness (QED) is 0.812. The van der Waals surface area contributed by atoms with Crippen molar-refractivity contribution in [3.8, 4) is 12.0 Å². The van der Waals surface area contributed by atoms with Crippen molar-refractivity contribution in [2.24, 2.45) is 5.92 Å². The molecule has 0 bridgehead atoms. The van der Waals surface area contributed by atoms with Crippen LogP contribution in [0.1, 0.15) is 6.92 Å². The van der Waals surface area contributed by atoms with Gasteiger partial charge >= 0.3 is 0 Å². The first kappa shape index (κ1) is 13.2. The molecule has 0 fully saturated rings. The van der Waals surface area contributed by atoms with Crippen molar-refractivity contribution in [2.75, 3.05) is 18.5 Å². The van der Waals surface area contributed by atoms with Crippen LogP contribution < -0.4 is 4.90 Å². The van der Waals surface area contributed by atoms with Crippen LogP contribution in [-0.4, -0.2) is 43.3 Å². The largest absolute Gasteiger partial charge is 0.342 e. The Bertz CT molecular complexity index is 590. The van der Waals surface area contributed by atoms with Crippen LogP contribution in [0.15, 0.2) is 12.7 Å². The second-order valence-corrected chi connectivity index (χ2v) is 4.29. The van der Waals surface area contributed by atoms with Crippen LogP contribution in [0.25, 0.3) is 5.95 Å². The Morgan fingerprint density at radius 3 is 2.89 bits per heavy atom. The molecule has 0 aliphatic rings. The van der Waals surface area contributed by atoms with Crippen molar-refractivity contribution in [3.05, 3.63) is 17.9 Å². The highest BCUT2D eigenvalue weighted by Crippen LogP contribution is 2.12. The lowest BCUT2D eigenvalue weighted by Gasteiger charge is -2.18. The second kappa shape index (κ2) is 5.58. The summed E-state index contributed by atoms with van der Waals surface area (Å²) < 4.78 is 1.39. The molecule has 0 aliphatic heterocycles. The Kier molecular flexibility index (Phi) is 3.87. The zero-order valence-electron chi connectivity index (χ0n) is 10.4. The fraction of sp³-hybridized carbons (Fsp3) is 0.400.